The van der Waals surface area contributed by atoms with Gasteiger partial charge in [0.05, 0.1) is 6.61 Å². The van der Waals surface area contributed by atoms with E-state index in [0.29, 0.717) is 17.9 Å². The largest absolute Gasteiger partial charge is 0.396 e. The van der Waals surface area contributed by atoms with E-state index in [1.54, 1.807) is 0 Å². The van der Waals surface area contributed by atoms with Crippen LogP contribution < -0.4 is 10.6 Å². The van der Waals surface area contributed by atoms with Crippen LogP contribution in [0.5, 0.6) is 0 Å². The van der Waals surface area contributed by atoms with E-state index in [1.807, 2.05) is 24.3 Å². The highest BCUT2D eigenvalue weighted by Crippen LogP contribution is 2.65. The molecule has 4 aliphatic rings. The second-order valence-corrected chi connectivity index (χ2v) is 8.97. The summed E-state index contributed by atoms with van der Waals surface area (Å²) in [7, 11) is 0. The van der Waals surface area contributed by atoms with Crippen molar-refractivity contribution < 1.29 is 9.90 Å². The molecule has 5 rings (SSSR count). The Kier molecular flexibility index (Phi) is 2.74. The molecule has 3 N–H and O–H groups in total. The maximum atomic E-state index is 13.5. The molecule has 0 radical (unpaired) electrons. The van der Waals surface area contributed by atoms with E-state index >= 15 is 0 Å². The summed E-state index contributed by atoms with van der Waals surface area (Å²) in [6, 6.07) is 8.13. The van der Waals surface area contributed by atoms with Crippen LogP contribution in [0.15, 0.2) is 24.3 Å². The Morgan fingerprint density at radius 1 is 1.29 bits per heavy atom. The number of aliphatic hydroxyl groups is 1. The van der Waals surface area contributed by atoms with E-state index in [-0.39, 0.29) is 23.3 Å². The minimum Gasteiger partial charge on any atom is -0.396 e. The molecule has 1 aromatic carbocycles. The van der Waals surface area contributed by atoms with E-state index in [1.165, 1.54) is 0 Å². The van der Waals surface area contributed by atoms with Gasteiger partial charge in [0.2, 0.25) is 0 Å². The Morgan fingerprint density at radius 2 is 2.08 bits per heavy atom. The number of carbonyl (C=O) groups excluding carboxylic acids is 1. The average molecular weight is 326 g/mol. The summed E-state index contributed by atoms with van der Waals surface area (Å²) in [6.07, 6.45) is 3.92. The maximum absolute atomic E-state index is 13.5. The summed E-state index contributed by atoms with van der Waals surface area (Å²) < 4.78 is 0. The fraction of sp³-hybridized carbons (Fsp3) is 0.650. The molecule has 1 saturated heterocycles. The van der Waals surface area contributed by atoms with Crippen LogP contribution in [0.1, 0.15) is 49.9 Å². The highest BCUT2D eigenvalue weighted by molar-refractivity contribution is 6.14. The summed E-state index contributed by atoms with van der Waals surface area (Å²) in [6.45, 7) is 4.68. The van der Waals surface area contributed by atoms with Crippen molar-refractivity contribution in [3.05, 3.63) is 29.8 Å². The number of piperidine rings is 1. The zero-order chi connectivity index (χ0) is 16.7. The molecule has 1 aromatic rings. The van der Waals surface area contributed by atoms with E-state index in [9.17, 15) is 9.90 Å². The van der Waals surface area contributed by atoms with Crippen LogP contribution >= 0.6 is 0 Å². The van der Waals surface area contributed by atoms with Crippen molar-refractivity contribution in [2.75, 3.05) is 11.9 Å². The smallest absolute Gasteiger partial charge is 0.190 e. The number of para-hydroxylation sites is 1. The molecule has 2 bridgehead atoms. The van der Waals surface area contributed by atoms with Crippen molar-refractivity contribution in [2.45, 2.75) is 56.7 Å². The van der Waals surface area contributed by atoms with Gasteiger partial charge >= 0.3 is 0 Å². The molecule has 2 aliphatic carbocycles. The van der Waals surface area contributed by atoms with Gasteiger partial charge < -0.3 is 15.7 Å². The quantitative estimate of drug-likeness (QED) is 0.742. The van der Waals surface area contributed by atoms with Crippen LogP contribution in [0.25, 0.3) is 0 Å². The molecule has 128 valence electrons. The van der Waals surface area contributed by atoms with Crippen LogP contribution in [-0.4, -0.2) is 34.6 Å². The summed E-state index contributed by atoms with van der Waals surface area (Å²) in [5, 5.41) is 18.0. The Labute approximate surface area is 143 Å². The first-order valence-electron chi connectivity index (χ1n) is 9.24. The Morgan fingerprint density at radius 3 is 2.83 bits per heavy atom. The minimum absolute atomic E-state index is 0.0930. The number of aliphatic hydroxyl groups excluding tert-OH is 1. The second-order valence-electron chi connectivity index (χ2n) is 8.97. The number of fused-ring (bicyclic) bond motifs is 3. The molecule has 2 heterocycles. The van der Waals surface area contributed by atoms with Gasteiger partial charge in [-0.25, -0.2) is 0 Å². The Hall–Kier alpha value is -1.39. The number of ketones is 1. The lowest BCUT2D eigenvalue weighted by molar-refractivity contribution is -0.0477. The van der Waals surface area contributed by atoms with Gasteiger partial charge in [-0.3, -0.25) is 4.79 Å². The molecule has 24 heavy (non-hydrogen) atoms. The summed E-state index contributed by atoms with van der Waals surface area (Å²) >= 11 is 0. The van der Waals surface area contributed by atoms with Crippen LogP contribution in [0.2, 0.25) is 0 Å². The second kappa shape index (κ2) is 4.41. The van der Waals surface area contributed by atoms with Crippen molar-refractivity contribution in [1.82, 2.24) is 5.32 Å². The van der Waals surface area contributed by atoms with Crippen molar-refractivity contribution in [2.24, 2.45) is 17.3 Å². The number of carbonyl (C=O) groups is 1. The third-order valence-corrected chi connectivity index (χ3v) is 7.82. The van der Waals surface area contributed by atoms with Crippen molar-refractivity contribution in [1.29, 1.82) is 0 Å². The first kappa shape index (κ1) is 14.9. The van der Waals surface area contributed by atoms with Crippen molar-refractivity contribution >= 4 is 11.5 Å². The number of rotatable bonds is 1. The normalized spacial score (nSPS) is 44.5. The van der Waals surface area contributed by atoms with Crippen LogP contribution in [0.4, 0.5) is 5.69 Å². The van der Waals surface area contributed by atoms with Crippen LogP contribution in [0, 0.1) is 17.3 Å². The first-order valence-corrected chi connectivity index (χ1v) is 9.24. The average Bonchev–Trinajstić information content (AvgIpc) is 3.02. The monoisotopic (exact) mass is 326 g/mol. The van der Waals surface area contributed by atoms with Gasteiger partial charge in [-0.15, -0.1) is 0 Å². The summed E-state index contributed by atoms with van der Waals surface area (Å²) in [4.78, 5) is 13.5. The lowest BCUT2D eigenvalue weighted by atomic mass is 9.54. The first-order chi connectivity index (χ1) is 11.4. The fourth-order valence-electron chi connectivity index (χ4n) is 6.56. The standard InChI is InChI=1S/C20H26N2O2/c1-18(2)12-7-8-19(11-23)14(9-12)16(21-18)10-20(19)17(24)13-5-3-4-6-15(13)22-20/h3-6,12,14,16,21-23H,7-11H2,1-2H3/t12-,14-,16+,19-,20-/m0/s1. The van der Waals surface area contributed by atoms with Gasteiger partial charge in [0.1, 0.15) is 5.54 Å². The molecule has 5 atom stereocenters. The Balaban J connectivity index is 1.65. The van der Waals surface area contributed by atoms with Gasteiger partial charge in [0.15, 0.2) is 5.78 Å². The van der Waals surface area contributed by atoms with E-state index in [4.69, 9.17) is 0 Å². The number of anilines is 1. The lowest BCUT2D eigenvalue weighted by Crippen LogP contribution is -2.63. The minimum atomic E-state index is -0.640. The van der Waals surface area contributed by atoms with Gasteiger partial charge in [-0.1, -0.05) is 12.1 Å². The van der Waals surface area contributed by atoms with Gasteiger partial charge in [-0.2, -0.15) is 0 Å². The number of Topliss-reactive ketones (excluding diaryl/α,β-unsaturated/α-hetero) is 1. The molecule has 3 fully saturated rings. The fourth-order valence-corrected chi connectivity index (χ4v) is 6.56. The van der Waals surface area contributed by atoms with E-state index in [0.717, 1.165) is 36.9 Å². The van der Waals surface area contributed by atoms with Crippen molar-refractivity contribution in [3.8, 4) is 0 Å². The summed E-state index contributed by atoms with van der Waals surface area (Å²) in [5.41, 5.74) is 0.871. The van der Waals surface area contributed by atoms with E-state index < -0.39 is 5.54 Å². The molecule has 2 saturated carbocycles. The predicted molar refractivity (Wildman–Crippen MR) is 93.1 cm³/mol. The summed E-state index contributed by atoms with van der Waals surface area (Å²) in [5.74, 6) is 1.20. The maximum Gasteiger partial charge on any atom is 0.190 e. The van der Waals surface area contributed by atoms with Crippen molar-refractivity contribution in [3.63, 3.8) is 0 Å². The number of benzene rings is 1. The highest BCUT2D eigenvalue weighted by atomic mass is 16.3. The molecule has 1 spiro atoms. The highest BCUT2D eigenvalue weighted by Gasteiger charge is 2.72. The molecule has 4 heteroatoms. The number of hydrogen-bond donors (Lipinski definition) is 3. The van der Waals surface area contributed by atoms with Crippen LogP contribution in [-0.2, 0) is 0 Å². The van der Waals surface area contributed by atoms with Gasteiger partial charge in [0.25, 0.3) is 0 Å². The molecule has 0 unspecified atom stereocenters. The Bertz CT molecular complexity index is 730. The number of hydrogen-bond acceptors (Lipinski definition) is 4. The molecule has 4 nitrogen and oxygen atoms in total. The molecule has 0 aromatic heterocycles. The SMILES string of the molecule is CC1(C)N[C@@H]2C[C@@]3(Nc4ccccc4C3=O)[C@]3(CO)CC[C@H]1C[C@@H]23. The number of nitrogens with one attached hydrogen (secondary N) is 2. The lowest BCUT2D eigenvalue weighted by Gasteiger charge is -2.55. The molecule has 2 aliphatic heterocycles. The zero-order valence-corrected chi connectivity index (χ0v) is 14.4. The molecule has 0 amide bonds. The van der Waals surface area contributed by atoms with Crippen LogP contribution in [0.3, 0.4) is 0 Å². The van der Waals surface area contributed by atoms with Gasteiger partial charge in [-0.05, 0) is 63.5 Å². The predicted octanol–water partition coefficient (Wildman–Crippen LogP) is 2.58. The topological polar surface area (TPSA) is 61.4 Å². The third-order valence-electron chi connectivity index (χ3n) is 7.82. The van der Waals surface area contributed by atoms with Gasteiger partial charge in [0, 0.05) is 28.2 Å². The molecular weight excluding hydrogens is 300 g/mol. The third kappa shape index (κ3) is 1.50. The zero-order valence-electron chi connectivity index (χ0n) is 14.4. The molecular formula is C20H26N2O2. The van der Waals surface area contributed by atoms with E-state index in [2.05, 4.69) is 24.5 Å².